The minimum Gasteiger partial charge on any atom is -0.363 e. The molecule has 2 fully saturated rings. The normalized spacial score (nSPS) is 28.1. The topological polar surface area (TPSA) is 72.9 Å². The van der Waals surface area contributed by atoms with Crippen LogP contribution in [0.5, 0.6) is 0 Å². The molecule has 2 aliphatic rings. The zero-order valence-corrected chi connectivity index (χ0v) is 10.5. The molecule has 1 heterocycles. The standard InChI is InChI=1S/C13H20N4O/c14-9-1-3-10(4-2-9)16-12-13(18)17(8-7-15-12)11-5-6-11/h7-11H,1-6,14H2,(H,15,16). The van der Waals surface area contributed by atoms with E-state index in [4.69, 9.17) is 5.73 Å². The van der Waals surface area contributed by atoms with Gasteiger partial charge in [0.05, 0.1) is 0 Å². The van der Waals surface area contributed by atoms with E-state index in [1.807, 2.05) is 4.57 Å². The second kappa shape index (κ2) is 4.72. The van der Waals surface area contributed by atoms with Crippen LogP contribution in [0.25, 0.3) is 0 Å². The third-order valence-electron chi connectivity index (χ3n) is 3.92. The molecule has 0 atom stereocenters. The third kappa shape index (κ3) is 2.41. The van der Waals surface area contributed by atoms with Crippen molar-refractivity contribution in [1.82, 2.24) is 9.55 Å². The number of hydrogen-bond acceptors (Lipinski definition) is 4. The maximum Gasteiger partial charge on any atom is 0.293 e. The molecule has 0 radical (unpaired) electrons. The fourth-order valence-corrected chi connectivity index (χ4v) is 2.62. The summed E-state index contributed by atoms with van der Waals surface area (Å²) >= 11 is 0. The Hall–Kier alpha value is -1.36. The van der Waals surface area contributed by atoms with Crippen LogP contribution in [0.1, 0.15) is 44.6 Å². The highest BCUT2D eigenvalue weighted by Crippen LogP contribution is 2.33. The van der Waals surface area contributed by atoms with Gasteiger partial charge in [-0.15, -0.1) is 0 Å². The van der Waals surface area contributed by atoms with Crippen molar-refractivity contribution >= 4 is 5.82 Å². The number of rotatable bonds is 3. The molecule has 2 saturated carbocycles. The lowest BCUT2D eigenvalue weighted by molar-refractivity contribution is 0.410. The van der Waals surface area contributed by atoms with Crippen molar-refractivity contribution in [2.45, 2.75) is 56.7 Å². The number of nitrogens with one attached hydrogen (secondary N) is 1. The van der Waals surface area contributed by atoms with E-state index in [1.165, 1.54) is 0 Å². The molecule has 0 unspecified atom stereocenters. The van der Waals surface area contributed by atoms with Crippen molar-refractivity contribution in [2.75, 3.05) is 5.32 Å². The van der Waals surface area contributed by atoms with E-state index in [1.54, 1.807) is 12.4 Å². The van der Waals surface area contributed by atoms with E-state index >= 15 is 0 Å². The third-order valence-corrected chi connectivity index (χ3v) is 3.92. The number of hydrogen-bond donors (Lipinski definition) is 2. The summed E-state index contributed by atoms with van der Waals surface area (Å²) in [7, 11) is 0. The Morgan fingerprint density at radius 3 is 2.61 bits per heavy atom. The van der Waals surface area contributed by atoms with Gasteiger partial charge in [-0.2, -0.15) is 0 Å². The zero-order chi connectivity index (χ0) is 12.5. The van der Waals surface area contributed by atoms with Gasteiger partial charge < -0.3 is 15.6 Å². The molecule has 0 spiro atoms. The van der Waals surface area contributed by atoms with Gasteiger partial charge >= 0.3 is 0 Å². The SMILES string of the molecule is NC1CCC(Nc2nccn(C3CC3)c2=O)CC1. The lowest BCUT2D eigenvalue weighted by Crippen LogP contribution is -2.35. The van der Waals surface area contributed by atoms with Crippen LogP contribution < -0.4 is 16.6 Å². The van der Waals surface area contributed by atoms with E-state index in [9.17, 15) is 4.79 Å². The van der Waals surface area contributed by atoms with Crippen molar-refractivity contribution in [1.29, 1.82) is 0 Å². The molecule has 0 amide bonds. The Balaban J connectivity index is 1.72. The van der Waals surface area contributed by atoms with Crippen LogP contribution in [-0.2, 0) is 0 Å². The Labute approximate surface area is 106 Å². The molecule has 5 nitrogen and oxygen atoms in total. The average Bonchev–Trinajstić information content (AvgIpc) is 3.19. The predicted molar refractivity (Wildman–Crippen MR) is 70.6 cm³/mol. The second-order valence-electron chi connectivity index (χ2n) is 5.48. The molecule has 0 bridgehead atoms. The van der Waals surface area contributed by atoms with Crippen molar-refractivity contribution in [3.63, 3.8) is 0 Å². The van der Waals surface area contributed by atoms with Crippen LogP contribution in [0, 0.1) is 0 Å². The first-order valence-corrected chi connectivity index (χ1v) is 6.83. The number of nitrogens with two attached hydrogens (primary N) is 1. The summed E-state index contributed by atoms with van der Waals surface area (Å²) in [6, 6.07) is 1.08. The van der Waals surface area contributed by atoms with E-state index in [-0.39, 0.29) is 5.56 Å². The smallest absolute Gasteiger partial charge is 0.293 e. The molecule has 2 aliphatic carbocycles. The van der Waals surface area contributed by atoms with E-state index in [0.717, 1.165) is 38.5 Å². The summed E-state index contributed by atoms with van der Waals surface area (Å²) < 4.78 is 1.81. The molecule has 0 aromatic carbocycles. The van der Waals surface area contributed by atoms with Gasteiger partial charge in [-0.25, -0.2) is 4.98 Å². The fourth-order valence-electron chi connectivity index (χ4n) is 2.62. The minimum atomic E-state index is 0.0230. The largest absolute Gasteiger partial charge is 0.363 e. The highest BCUT2D eigenvalue weighted by atomic mass is 16.1. The quantitative estimate of drug-likeness (QED) is 0.844. The maximum absolute atomic E-state index is 12.2. The van der Waals surface area contributed by atoms with Crippen LogP contribution in [0.4, 0.5) is 5.82 Å². The molecule has 0 aliphatic heterocycles. The van der Waals surface area contributed by atoms with Crippen molar-refractivity contribution in [3.8, 4) is 0 Å². The highest BCUT2D eigenvalue weighted by molar-refractivity contribution is 5.32. The van der Waals surface area contributed by atoms with Crippen molar-refractivity contribution < 1.29 is 0 Å². The van der Waals surface area contributed by atoms with Crippen LogP contribution >= 0.6 is 0 Å². The monoisotopic (exact) mass is 248 g/mol. The van der Waals surface area contributed by atoms with Gasteiger partial charge in [0, 0.05) is 30.5 Å². The molecule has 0 saturated heterocycles. The average molecular weight is 248 g/mol. The summed E-state index contributed by atoms with van der Waals surface area (Å²) in [5, 5.41) is 3.29. The highest BCUT2D eigenvalue weighted by Gasteiger charge is 2.26. The molecular formula is C13H20N4O. The molecule has 1 aromatic rings. The lowest BCUT2D eigenvalue weighted by atomic mass is 9.92. The van der Waals surface area contributed by atoms with Crippen molar-refractivity contribution in [3.05, 3.63) is 22.7 Å². The number of nitrogens with zero attached hydrogens (tertiary/aromatic N) is 2. The zero-order valence-electron chi connectivity index (χ0n) is 10.5. The van der Waals surface area contributed by atoms with Gasteiger partial charge in [0.2, 0.25) is 0 Å². The first-order valence-electron chi connectivity index (χ1n) is 6.83. The predicted octanol–water partition coefficient (Wildman–Crippen LogP) is 1.26. The molecule has 1 aromatic heterocycles. The molecule has 3 N–H and O–H groups in total. The van der Waals surface area contributed by atoms with E-state index in [0.29, 0.717) is 23.9 Å². The van der Waals surface area contributed by atoms with Gasteiger partial charge in [0.25, 0.3) is 5.56 Å². The van der Waals surface area contributed by atoms with Crippen LogP contribution in [0.2, 0.25) is 0 Å². The molecule has 5 heteroatoms. The molecular weight excluding hydrogens is 228 g/mol. The maximum atomic E-state index is 12.2. The Bertz CT molecular complexity index is 472. The number of aromatic nitrogens is 2. The lowest BCUT2D eigenvalue weighted by Gasteiger charge is -2.27. The summed E-state index contributed by atoms with van der Waals surface area (Å²) in [5.74, 6) is 0.505. The Morgan fingerprint density at radius 2 is 1.94 bits per heavy atom. The summed E-state index contributed by atoms with van der Waals surface area (Å²) in [6.07, 6.45) is 9.85. The first-order chi connectivity index (χ1) is 8.74. The Kier molecular flexibility index (Phi) is 3.07. The second-order valence-corrected chi connectivity index (χ2v) is 5.48. The van der Waals surface area contributed by atoms with Gasteiger partial charge in [-0.05, 0) is 38.5 Å². The van der Waals surface area contributed by atoms with Crippen LogP contribution in [0.15, 0.2) is 17.2 Å². The van der Waals surface area contributed by atoms with E-state index in [2.05, 4.69) is 10.3 Å². The molecule has 3 rings (SSSR count). The van der Waals surface area contributed by atoms with Gasteiger partial charge in [-0.3, -0.25) is 4.79 Å². The van der Waals surface area contributed by atoms with Crippen LogP contribution in [-0.4, -0.2) is 21.6 Å². The Morgan fingerprint density at radius 1 is 1.22 bits per heavy atom. The minimum absolute atomic E-state index is 0.0230. The molecule has 98 valence electrons. The van der Waals surface area contributed by atoms with Crippen LogP contribution in [0.3, 0.4) is 0 Å². The summed E-state index contributed by atoms with van der Waals surface area (Å²) in [6.45, 7) is 0. The summed E-state index contributed by atoms with van der Waals surface area (Å²) in [5.41, 5.74) is 5.91. The van der Waals surface area contributed by atoms with Gasteiger partial charge in [-0.1, -0.05) is 0 Å². The van der Waals surface area contributed by atoms with E-state index < -0.39 is 0 Å². The van der Waals surface area contributed by atoms with Gasteiger partial charge in [0.15, 0.2) is 5.82 Å². The fraction of sp³-hybridized carbons (Fsp3) is 0.692. The number of anilines is 1. The molecule has 18 heavy (non-hydrogen) atoms. The first kappa shape index (κ1) is 11.7. The van der Waals surface area contributed by atoms with Gasteiger partial charge in [0.1, 0.15) is 0 Å². The van der Waals surface area contributed by atoms with Crippen molar-refractivity contribution in [2.24, 2.45) is 5.73 Å². The summed E-state index contributed by atoms with van der Waals surface area (Å²) in [4.78, 5) is 16.4.